The van der Waals surface area contributed by atoms with Gasteiger partial charge in [0.2, 0.25) is 6.41 Å². The van der Waals surface area contributed by atoms with E-state index in [0.29, 0.717) is 6.41 Å². The summed E-state index contributed by atoms with van der Waals surface area (Å²) < 4.78 is 4.82. The molecule has 0 aliphatic heterocycles. The van der Waals surface area contributed by atoms with Crippen LogP contribution in [0.25, 0.3) is 0 Å². The molecule has 0 aromatic heterocycles. The van der Waals surface area contributed by atoms with Crippen molar-refractivity contribution in [3.05, 3.63) is 12.1 Å². The standard InChI is InChI=1S/C8H9NO4/c1-13-7-3-5(11)2-6(12)8(7)9-4-10/h2-4,11-12H,1H3,(H,9,10). The molecule has 70 valence electrons. The average Bonchev–Trinajstić information content (AvgIpc) is 2.09. The fourth-order valence-electron chi connectivity index (χ4n) is 0.952. The molecule has 0 aliphatic rings. The van der Waals surface area contributed by atoms with Crippen LogP contribution < -0.4 is 10.1 Å². The molecule has 0 fully saturated rings. The molecule has 0 unspecified atom stereocenters. The molecule has 0 aliphatic carbocycles. The van der Waals surface area contributed by atoms with Crippen molar-refractivity contribution < 1.29 is 19.7 Å². The van der Waals surface area contributed by atoms with E-state index in [1.165, 1.54) is 13.2 Å². The summed E-state index contributed by atoms with van der Waals surface area (Å²) in [7, 11) is 1.37. The van der Waals surface area contributed by atoms with Crippen LogP contribution in [0, 0.1) is 0 Å². The highest BCUT2D eigenvalue weighted by Crippen LogP contribution is 2.37. The monoisotopic (exact) mass is 183 g/mol. The van der Waals surface area contributed by atoms with Gasteiger partial charge < -0.3 is 20.3 Å². The maximum absolute atomic E-state index is 10.1. The molecule has 0 bridgehead atoms. The predicted molar refractivity (Wildman–Crippen MR) is 46.0 cm³/mol. The Morgan fingerprint density at radius 3 is 2.69 bits per heavy atom. The van der Waals surface area contributed by atoms with E-state index in [4.69, 9.17) is 9.84 Å². The lowest BCUT2D eigenvalue weighted by Gasteiger charge is -2.09. The number of amides is 1. The largest absolute Gasteiger partial charge is 0.508 e. The van der Waals surface area contributed by atoms with Crippen LogP contribution in [0.3, 0.4) is 0 Å². The van der Waals surface area contributed by atoms with E-state index in [2.05, 4.69) is 5.32 Å². The van der Waals surface area contributed by atoms with E-state index >= 15 is 0 Å². The van der Waals surface area contributed by atoms with Gasteiger partial charge in [-0.1, -0.05) is 0 Å². The maximum Gasteiger partial charge on any atom is 0.211 e. The number of hydrogen-bond acceptors (Lipinski definition) is 4. The normalized spacial score (nSPS) is 9.31. The minimum absolute atomic E-state index is 0.134. The van der Waals surface area contributed by atoms with Crippen LogP contribution in [0.2, 0.25) is 0 Å². The van der Waals surface area contributed by atoms with Crippen LogP contribution >= 0.6 is 0 Å². The zero-order valence-corrected chi connectivity index (χ0v) is 6.94. The Hall–Kier alpha value is -1.91. The first kappa shape index (κ1) is 9.18. The predicted octanol–water partition coefficient (Wildman–Crippen LogP) is 0.675. The quantitative estimate of drug-likeness (QED) is 0.365. The van der Waals surface area contributed by atoms with Crippen molar-refractivity contribution in [1.29, 1.82) is 0 Å². The number of carbonyl (C=O) groups excluding carboxylic acids is 1. The van der Waals surface area contributed by atoms with Gasteiger partial charge in [-0.15, -0.1) is 0 Å². The molecule has 5 nitrogen and oxygen atoms in total. The van der Waals surface area contributed by atoms with E-state index in [1.54, 1.807) is 0 Å². The fraction of sp³-hybridized carbons (Fsp3) is 0.125. The molecule has 1 aromatic rings. The molecule has 1 rings (SSSR count). The molecule has 0 atom stereocenters. The van der Waals surface area contributed by atoms with Gasteiger partial charge in [-0.3, -0.25) is 4.79 Å². The highest BCUT2D eigenvalue weighted by atomic mass is 16.5. The molecule has 0 radical (unpaired) electrons. The van der Waals surface area contributed by atoms with Gasteiger partial charge in [0.25, 0.3) is 0 Å². The van der Waals surface area contributed by atoms with Gasteiger partial charge in [-0.2, -0.15) is 0 Å². The Kier molecular flexibility index (Phi) is 2.59. The zero-order valence-electron chi connectivity index (χ0n) is 6.94. The van der Waals surface area contributed by atoms with Gasteiger partial charge in [0.1, 0.15) is 22.9 Å². The van der Waals surface area contributed by atoms with Gasteiger partial charge in [0.05, 0.1) is 7.11 Å². The summed E-state index contributed by atoms with van der Waals surface area (Å²) in [6.07, 6.45) is 0.411. The topological polar surface area (TPSA) is 78.8 Å². The summed E-state index contributed by atoms with van der Waals surface area (Å²) in [6, 6.07) is 2.39. The van der Waals surface area contributed by atoms with Crippen molar-refractivity contribution in [2.24, 2.45) is 0 Å². The Morgan fingerprint density at radius 1 is 1.46 bits per heavy atom. The number of rotatable bonds is 3. The van der Waals surface area contributed by atoms with Crippen molar-refractivity contribution >= 4 is 12.1 Å². The van der Waals surface area contributed by atoms with Crippen LogP contribution in [-0.2, 0) is 4.79 Å². The summed E-state index contributed by atoms with van der Waals surface area (Å²) in [4.78, 5) is 10.1. The number of hydrogen-bond donors (Lipinski definition) is 3. The number of benzene rings is 1. The second-order valence-electron chi connectivity index (χ2n) is 2.30. The zero-order chi connectivity index (χ0) is 9.84. The third-order valence-corrected chi connectivity index (χ3v) is 1.49. The number of methoxy groups -OCH3 is 1. The molecule has 3 N–H and O–H groups in total. The minimum atomic E-state index is -0.246. The lowest BCUT2D eigenvalue weighted by molar-refractivity contribution is -0.105. The molecule has 0 heterocycles. The van der Waals surface area contributed by atoms with Crippen LogP contribution in [0.15, 0.2) is 12.1 Å². The number of aromatic hydroxyl groups is 2. The SMILES string of the molecule is COc1cc(O)cc(O)c1NC=O. The number of phenols is 2. The molecular formula is C8H9NO4. The lowest BCUT2D eigenvalue weighted by atomic mass is 10.2. The molecular weight excluding hydrogens is 174 g/mol. The number of phenolic OH excluding ortho intramolecular Hbond substituents is 2. The number of ether oxygens (including phenoxy) is 1. The molecule has 0 saturated heterocycles. The van der Waals surface area contributed by atoms with Gasteiger partial charge in [0, 0.05) is 12.1 Å². The molecule has 13 heavy (non-hydrogen) atoms. The van der Waals surface area contributed by atoms with Crippen molar-refractivity contribution in [1.82, 2.24) is 0 Å². The van der Waals surface area contributed by atoms with Crippen molar-refractivity contribution in [3.8, 4) is 17.2 Å². The minimum Gasteiger partial charge on any atom is -0.508 e. The maximum atomic E-state index is 10.1. The second kappa shape index (κ2) is 3.66. The van der Waals surface area contributed by atoms with E-state index in [1.807, 2.05) is 0 Å². The van der Waals surface area contributed by atoms with E-state index < -0.39 is 0 Å². The Bertz CT molecular complexity index is 324. The van der Waals surface area contributed by atoms with E-state index in [-0.39, 0.29) is 22.9 Å². The number of nitrogens with one attached hydrogen (secondary N) is 1. The summed E-state index contributed by atoms with van der Waals surface area (Å²) in [5, 5.41) is 20.6. The van der Waals surface area contributed by atoms with Gasteiger partial charge >= 0.3 is 0 Å². The lowest BCUT2D eigenvalue weighted by Crippen LogP contribution is -1.97. The second-order valence-corrected chi connectivity index (χ2v) is 2.30. The van der Waals surface area contributed by atoms with Gasteiger partial charge in [-0.05, 0) is 0 Å². The first-order valence-corrected chi connectivity index (χ1v) is 3.49. The highest BCUT2D eigenvalue weighted by Gasteiger charge is 2.09. The number of anilines is 1. The summed E-state index contributed by atoms with van der Waals surface area (Å²) in [6.45, 7) is 0. The van der Waals surface area contributed by atoms with Gasteiger partial charge in [0.15, 0.2) is 0 Å². The van der Waals surface area contributed by atoms with Crippen molar-refractivity contribution in [2.75, 3.05) is 12.4 Å². The number of carbonyl (C=O) groups is 1. The van der Waals surface area contributed by atoms with Crippen LogP contribution in [-0.4, -0.2) is 23.7 Å². The van der Waals surface area contributed by atoms with Crippen molar-refractivity contribution in [3.63, 3.8) is 0 Å². The van der Waals surface area contributed by atoms with E-state index in [9.17, 15) is 9.90 Å². The summed E-state index contributed by atoms with van der Waals surface area (Å²) in [5.41, 5.74) is 0.135. The Balaban J connectivity index is 3.20. The van der Waals surface area contributed by atoms with Crippen LogP contribution in [0.4, 0.5) is 5.69 Å². The Morgan fingerprint density at radius 2 is 2.15 bits per heavy atom. The fourth-order valence-corrected chi connectivity index (χ4v) is 0.952. The average molecular weight is 183 g/mol. The molecule has 1 amide bonds. The highest BCUT2D eigenvalue weighted by molar-refractivity contribution is 5.80. The van der Waals surface area contributed by atoms with Gasteiger partial charge in [-0.25, -0.2) is 0 Å². The molecule has 1 aromatic carbocycles. The third kappa shape index (κ3) is 1.81. The molecule has 5 heteroatoms. The smallest absolute Gasteiger partial charge is 0.211 e. The van der Waals surface area contributed by atoms with E-state index in [0.717, 1.165) is 6.07 Å². The summed E-state index contributed by atoms with van der Waals surface area (Å²) >= 11 is 0. The first-order valence-electron chi connectivity index (χ1n) is 3.49. The summed E-state index contributed by atoms with van der Waals surface area (Å²) in [5.74, 6) is -0.181. The third-order valence-electron chi connectivity index (χ3n) is 1.49. The van der Waals surface area contributed by atoms with Crippen LogP contribution in [0.5, 0.6) is 17.2 Å². The first-order chi connectivity index (χ1) is 6.19. The van der Waals surface area contributed by atoms with Crippen LogP contribution in [0.1, 0.15) is 0 Å². The molecule has 0 spiro atoms. The Labute approximate surface area is 74.6 Å². The molecule has 0 saturated carbocycles. The van der Waals surface area contributed by atoms with Crippen molar-refractivity contribution in [2.45, 2.75) is 0 Å².